The van der Waals surface area contributed by atoms with Crippen molar-refractivity contribution >= 4 is 34.3 Å². The van der Waals surface area contributed by atoms with E-state index in [1.54, 1.807) is 0 Å². The molecule has 4 aliphatic rings. The van der Waals surface area contributed by atoms with Gasteiger partial charge in [0.1, 0.15) is 0 Å². The van der Waals surface area contributed by atoms with Gasteiger partial charge in [-0.05, 0) is 84.5 Å². The lowest BCUT2D eigenvalue weighted by Gasteiger charge is -2.55. The second kappa shape index (κ2) is 6.65. The highest BCUT2D eigenvalue weighted by molar-refractivity contribution is 14.1. The summed E-state index contributed by atoms with van der Waals surface area (Å²) in [6.07, 6.45) is 10.2. The van der Waals surface area contributed by atoms with Crippen LogP contribution in [-0.2, 0) is 14.3 Å². The van der Waals surface area contributed by atoms with Crippen molar-refractivity contribution in [3.63, 3.8) is 0 Å². The van der Waals surface area contributed by atoms with Gasteiger partial charge in [0.25, 0.3) is 0 Å². The summed E-state index contributed by atoms with van der Waals surface area (Å²) in [6, 6.07) is 0. The lowest BCUT2D eigenvalue weighted by Crippen LogP contribution is -2.53. The molecule has 0 N–H and O–H groups in total. The van der Waals surface area contributed by atoms with Crippen molar-refractivity contribution in [2.45, 2.75) is 70.8 Å². The number of ketones is 1. The van der Waals surface area contributed by atoms with Gasteiger partial charge >= 0.3 is 5.97 Å². The van der Waals surface area contributed by atoms with E-state index >= 15 is 0 Å². The largest absolute Gasteiger partial charge is 0.445 e. The monoisotopic (exact) mass is 466 g/mol. The van der Waals surface area contributed by atoms with Gasteiger partial charge in [0, 0.05) is 41.4 Å². The van der Waals surface area contributed by atoms with Crippen LogP contribution < -0.4 is 0 Å². The molecule has 3 saturated carbocycles. The highest BCUT2D eigenvalue weighted by atomic mass is 127. The molecule has 6 atom stereocenters. The molecule has 4 heteroatoms. The van der Waals surface area contributed by atoms with Crippen molar-refractivity contribution in [3.8, 4) is 9.85 Å². The molecule has 0 bridgehead atoms. The Labute approximate surface area is 169 Å². The Hall–Kier alpha value is -0.830. The number of carbonyl (C=O) groups excluding carboxylic acids is 2. The van der Waals surface area contributed by atoms with E-state index in [9.17, 15) is 9.59 Å². The van der Waals surface area contributed by atoms with Crippen LogP contribution in [0.4, 0.5) is 0 Å². The zero-order valence-electron chi connectivity index (χ0n) is 15.6. The van der Waals surface area contributed by atoms with E-state index in [1.165, 1.54) is 25.3 Å². The van der Waals surface area contributed by atoms with E-state index in [-0.39, 0.29) is 11.4 Å². The van der Waals surface area contributed by atoms with Gasteiger partial charge in [0.2, 0.25) is 0 Å². The zero-order chi connectivity index (χ0) is 18.5. The summed E-state index contributed by atoms with van der Waals surface area (Å²) in [5.74, 6) is 5.98. The van der Waals surface area contributed by atoms with Crippen molar-refractivity contribution in [2.75, 3.05) is 0 Å². The Morgan fingerprint density at radius 1 is 1.19 bits per heavy atom. The first-order valence-electron chi connectivity index (χ1n) is 9.96. The minimum atomic E-state index is -0.617. The molecule has 0 saturated heterocycles. The molecule has 3 nitrogen and oxygen atoms in total. The van der Waals surface area contributed by atoms with Crippen molar-refractivity contribution in [3.05, 3.63) is 11.6 Å². The number of carbonyl (C=O) groups is 2. The van der Waals surface area contributed by atoms with Crippen molar-refractivity contribution in [2.24, 2.45) is 29.1 Å². The summed E-state index contributed by atoms with van der Waals surface area (Å²) < 4.78 is 8.97. The van der Waals surface area contributed by atoms with Gasteiger partial charge in [0.05, 0.1) is 0 Å². The molecule has 140 valence electrons. The van der Waals surface area contributed by atoms with Crippen LogP contribution in [0.2, 0.25) is 0 Å². The zero-order valence-corrected chi connectivity index (χ0v) is 17.8. The third kappa shape index (κ3) is 2.68. The van der Waals surface area contributed by atoms with Gasteiger partial charge in [-0.3, -0.25) is 9.59 Å². The third-order valence-corrected chi connectivity index (χ3v) is 8.26. The molecule has 0 aliphatic heterocycles. The molecule has 26 heavy (non-hydrogen) atoms. The molecule has 0 radical (unpaired) electrons. The van der Waals surface area contributed by atoms with E-state index in [1.807, 2.05) is 6.08 Å². The van der Waals surface area contributed by atoms with E-state index in [0.717, 1.165) is 38.5 Å². The van der Waals surface area contributed by atoms with Gasteiger partial charge in [0.15, 0.2) is 11.4 Å². The predicted molar refractivity (Wildman–Crippen MR) is 108 cm³/mol. The Bertz CT molecular complexity index is 729. The van der Waals surface area contributed by atoms with Crippen LogP contribution in [0.25, 0.3) is 0 Å². The summed E-state index contributed by atoms with van der Waals surface area (Å²) in [5, 5.41) is 0. The summed E-state index contributed by atoms with van der Waals surface area (Å²) in [7, 11) is 0. The molecule has 0 unspecified atom stereocenters. The number of halogens is 1. The maximum absolute atomic E-state index is 11.9. The SMILES string of the molecule is CC(=O)O[C@@]1(C#CI)CC[C@H]2[C@@H]3CCC4=CC(=O)CC[C@@H]4[C@H]3CC[C@@]21C. The van der Waals surface area contributed by atoms with Crippen molar-refractivity contribution in [1.29, 1.82) is 0 Å². The molecule has 3 fully saturated rings. The molecule has 4 rings (SSSR count). The molecular formula is C22H27IO3. The molecule has 0 aromatic rings. The fourth-order valence-corrected chi connectivity index (χ4v) is 7.33. The highest BCUT2D eigenvalue weighted by Crippen LogP contribution is 2.65. The first-order valence-corrected chi connectivity index (χ1v) is 11.0. The highest BCUT2D eigenvalue weighted by Gasteiger charge is 2.64. The van der Waals surface area contributed by atoms with Crippen LogP contribution in [0.15, 0.2) is 11.6 Å². The maximum atomic E-state index is 11.9. The third-order valence-electron chi connectivity index (χ3n) is 7.99. The number of esters is 1. The summed E-state index contributed by atoms with van der Waals surface area (Å²) in [5.41, 5.74) is 0.750. The fourth-order valence-electron chi connectivity index (χ4n) is 6.90. The van der Waals surface area contributed by atoms with Crippen LogP contribution in [0.3, 0.4) is 0 Å². The second-order valence-electron chi connectivity index (χ2n) is 8.94. The minimum Gasteiger partial charge on any atom is -0.445 e. The Kier molecular flexibility index (Phi) is 4.74. The number of ether oxygens (including phenoxy) is 1. The molecule has 0 amide bonds. The van der Waals surface area contributed by atoms with Crippen LogP contribution >= 0.6 is 22.6 Å². The van der Waals surface area contributed by atoms with Crippen LogP contribution in [0.5, 0.6) is 0 Å². The quantitative estimate of drug-likeness (QED) is 0.316. The Balaban J connectivity index is 1.66. The topological polar surface area (TPSA) is 43.4 Å². The normalized spacial score (nSPS) is 44.0. The molecule has 0 spiro atoms. The number of fused-ring (bicyclic) bond motifs is 5. The van der Waals surface area contributed by atoms with Crippen molar-refractivity contribution in [1.82, 2.24) is 0 Å². The lowest BCUT2D eigenvalue weighted by atomic mass is 9.50. The van der Waals surface area contributed by atoms with Crippen LogP contribution in [-0.4, -0.2) is 17.4 Å². The number of hydrogen-bond acceptors (Lipinski definition) is 3. The van der Waals surface area contributed by atoms with Gasteiger partial charge in [-0.25, -0.2) is 0 Å². The Morgan fingerprint density at radius 3 is 2.73 bits per heavy atom. The van der Waals surface area contributed by atoms with Gasteiger partial charge in [-0.15, -0.1) is 0 Å². The summed E-state index contributed by atoms with van der Waals surface area (Å²) in [6.45, 7) is 3.83. The second-order valence-corrected chi connectivity index (χ2v) is 9.48. The van der Waals surface area contributed by atoms with E-state index in [4.69, 9.17) is 4.74 Å². The molecule has 0 aromatic carbocycles. The Morgan fingerprint density at radius 2 is 2.00 bits per heavy atom. The number of hydrogen-bond donors (Lipinski definition) is 0. The standard InChI is InChI=1S/C22H27IO3/c1-14(24)26-22(11-12-23)10-8-20-19-5-3-15-13-16(25)4-6-17(15)18(19)7-9-21(20,22)2/h13,17-20H,3-10H2,1-2H3/t17-,18+,19+,20-,21-,22+/m0/s1. The minimum absolute atomic E-state index is 0.0519. The molecule has 0 aromatic heterocycles. The summed E-state index contributed by atoms with van der Waals surface area (Å²) >= 11 is 2.08. The van der Waals surface area contributed by atoms with E-state index in [2.05, 4.69) is 39.4 Å². The average Bonchev–Trinajstić information content (AvgIpc) is 2.86. The molecular weight excluding hydrogens is 439 g/mol. The maximum Gasteiger partial charge on any atom is 0.304 e. The lowest BCUT2D eigenvalue weighted by molar-refractivity contribution is -0.167. The fraction of sp³-hybridized carbons (Fsp3) is 0.727. The van der Waals surface area contributed by atoms with Crippen molar-refractivity contribution < 1.29 is 14.3 Å². The van der Waals surface area contributed by atoms with Gasteiger partial charge < -0.3 is 4.74 Å². The number of allylic oxidation sites excluding steroid dienone is 1. The van der Waals surface area contributed by atoms with Gasteiger partial charge in [-0.2, -0.15) is 0 Å². The number of rotatable bonds is 1. The van der Waals surface area contributed by atoms with E-state index in [0.29, 0.717) is 29.5 Å². The van der Waals surface area contributed by atoms with E-state index < -0.39 is 5.60 Å². The van der Waals surface area contributed by atoms with Gasteiger partial charge in [-0.1, -0.05) is 12.5 Å². The smallest absolute Gasteiger partial charge is 0.304 e. The molecule has 4 aliphatic carbocycles. The van der Waals surface area contributed by atoms with Crippen LogP contribution in [0.1, 0.15) is 65.2 Å². The van der Waals surface area contributed by atoms with Crippen LogP contribution in [0, 0.1) is 38.9 Å². The first kappa shape index (κ1) is 18.5. The average molecular weight is 466 g/mol. The first-order chi connectivity index (χ1) is 12.4. The summed E-state index contributed by atoms with van der Waals surface area (Å²) in [4.78, 5) is 23.7. The molecule has 0 heterocycles. The predicted octanol–water partition coefficient (Wildman–Crippen LogP) is 4.83.